The Bertz CT molecular complexity index is 908. The Morgan fingerprint density at radius 3 is 2.77 bits per heavy atom. The molecular weight excluding hydrogens is 452 g/mol. The lowest BCUT2D eigenvalue weighted by Crippen LogP contribution is -2.50. The molecule has 0 spiro atoms. The van der Waals surface area contributed by atoms with Gasteiger partial charge in [0, 0.05) is 19.1 Å². The highest BCUT2D eigenvalue weighted by molar-refractivity contribution is 7.89. The van der Waals surface area contributed by atoms with Crippen LogP contribution in [0.4, 0.5) is 15.3 Å². The summed E-state index contributed by atoms with van der Waals surface area (Å²) in [6.45, 7) is 6.14. The van der Waals surface area contributed by atoms with E-state index in [-0.39, 0.29) is 18.3 Å². The number of anilines is 1. The standard InChI is InChI=1S/C18H27ClN4O5S2/c1-18(2,3)28-17(25)23-8-4-6-12(11-23)22-30(26,27)9-5-7-14-13(21-16(20)24)10-15(19)29-14/h5,7,10,12,22H,4,6,8-9,11H2,1-3H3,(H3,20,21,24)/t12-/m0/s1. The Kier molecular flexibility index (Phi) is 8.14. The van der Waals surface area contributed by atoms with Gasteiger partial charge in [-0.25, -0.2) is 22.7 Å². The van der Waals surface area contributed by atoms with Crippen LogP contribution in [0.15, 0.2) is 12.1 Å². The summed E-state index contributed by atoms with van der Waals surface area (Å²) < 4.78 is 33.3. The van der Waals surface area contributed by atoms with Crippen LogP contribution in [0.1, 0.15) is 38.5 Å². The second-order valence-electron chi connectivity index (χ2n) is 7.88. The highest BCUT2D eigenvalue weighted by Crippen LogP contribution is 2.32. The Balaban J connectivity index is 1.94. The van der Waals surface area contributed by atoms with Gasteiger partial charge in [0.05, 0.1) is 20.7 Å². The third-order valence-electron chi connectivity index (χ3n) is 3.99. The molecule has 168 valence electrons. The number of halogens is 1. The summed E-state index contributed by atoms with van der Waals surface area (Å²) in [5.41, 5.74) is 4.92. The highest BCUT2D eigenvalue weighted by atomic mass is 35.5. The molecule has 1 fully saturated rings. The molecule has 4 N–H and O–H groups in total. The van der Waals surface area contributed by atoms with Crippen molar-refractivity contribution in [1.29, 1.82) is 0 Å². The summed E-state index contributed by atoms with van der Waals surface area (Å²) in [7, 11) is -3.62. The van der Waals surface area contributed by atoms with Crippen molar-refractivity contribution in [2.24, 2.45) is 5.73 Å². The van der Waals surface area contributed by atoms with Crippen molar-refractivity contribution in [1.82, 2.24) is 9.62 Å². The van der Waals surface area contributed by atoms with Crippen LogP contribution in [0.5, 0.6) is 0 Å². The van der Waals surface area contributed by atoms with Crippen LogP contribution < -0.4 is 15.8 Å². The summed E-state index contributed by atoms with van der Waals surface area (Å²) in [4.78, 5) is 25.4. The summed E-state index contributed by atoms with van der Waals surface area (Å²) in [6, 6.07) is 0.421. The predicted octanol–water partition coefficient (Wildman–Crippen LogP) is 3.22. The zero-order chi connectivity index (χ0) is 22.5. The highest BCUT2D eigenvalue weighted by Gasteiger charge is 2.29. The van der Waals surface area contributed by atoms with Crippen molar-refractivity contribution < 1.29 is 22.7 Å². The third kappa shape index (κ3) is 8.13. The average Bonchev–Trinajstić information content (AvgIpc) is 2.91. The first kappa shape index (κ1) is 24.4. The van der Waals surface area contributed by atoms with Crippen LogP contribution in [0.25, 0.3) is 6.08 Å². The number of hydrogen-bond donors (Lipinski definition) is 3. The molecule has 0 radical (unpaired) electrons. The van der Waals surface area contributed by atoms with Crippen molar-refractivity contribution >= 4 is 56.8 Å². The smallest absolute Gasteiger partial charge is 0.410 e. The molecule has 2 rings (SSSR count). The first-order valence-electron chi connectivity index (χ1n) is 9.35. The van der Waals surface area contributed by atoms with E-state index in [4.69, 9.17) is 22.1 Å². The molecule has 2 heterocycles. The summed E-state index contributed by atoms with van der Waals surface area (Å²) in [5, 5.41) is 2.44. The molecular formula is C18H27ClN4O5S2. The predicted molar refractivity (Wildman–Crippen MR) is 119 cm³/mol. The van der Waals surface area contributed by atoms with Crippen LogP contribution in [-0.4, -0.2) is 55.9 Å². The zero-order valence-corrected chi connectivity index (χ0v) is 19.5. The SMILES string of the molecule is CC(C)(C)OC(=O)N1CCC[C@H](NS(=O)(=O)CC=Cc2sc(Cl)cc2NC(N)=O)C1. The number of thiophene rings is 1. The Morgan fingerprint density at radius 2 is 2.13 bits per heavy atom. The van der Waals surface area contributed by atoms with Gasteiger partial charge in [-0.05, 0) is 45.8 Å². The van der Waals surface area contributed by atoms with Gasteiger partial charge >= 0.3 is 12.1 Å². The van der Waals surface area contributed by atoms with Gasteiger partial charge in [0.1, 0.15) is 5.60 Å². The first-order chi connectivity index (χ1) is 13.8. The van der Waals surface area contributed by atoms with Crippen molar-refractivity contribution in [3.63, 3.8) is 0 Å². The van der Waals surface area contributed by atoms with Crippen molar-refractivity contribution in [3.8, 4) is 0 Å². The van der Waals surface area contributed by atoms with Gasteiger partial charge < -0.3 is 20.7 Å². The maximum Gasteiger partial charge on any atom is 0.410 e. The lowest BCUT2D eigenvalue weighted by Gasteiger charge is -2.34. The maximum atomic E-state index is 12.5. The van der Waals surface area contributed by atoms with Crippen LogP contribution in [0.3, 0.4) is 0 Å². The molecule has 0 unspecified atom stereocenters. The van der Waals surface area contributed by atoms with Crippen LogP contribution >= 0.6 is 22.9 Å². The van der Waals surface area contributed by atoms with E-state index in [2.05, 4.69) is 10.0 Å². The average molecular weight is 479 g/mol. The number of nitrogens with two attached hydrogens (primary N) is 1. The monoisotopic (exact) mass is 478 g/mol. The van der Waals surface area contributed by atoms with Gasteiger partial charge in [0.25, 0.3) is 0 Å². The van der Waals surface area contributed by atoms with E-state index in [1.54, 1.807) is 26.8 Å². The first-order valence-corrected chi connectivity index (χ1v) is 12.2. The van der Waals surface area contributed by atoms with Gasteiger partial charge in [0.15, 0.2) is 0 Å². The topological polar surface area (TPSA) is 131 Å². The molecule has 1 aliphatic rings. The third-order valence-corrected chi connectivity index (χ3v) is 6.55. The molecule has 30 heavy (non-hydrogen) atoms. The second kappa shape index (κ2) is 9.99. The molecule has 1 aromatic heterocycles. The van der Waals surface area contributed by atoms with Crippen LogP contribution in [0.2, 0.25) is 4.34 Å². The van der Waals surface area contributed by atoms with E-state index in [1.807, 2.05) is 0 Å². The number of carbonyl (C=O) groups is 2. The Morgan fingerprint density at radius 1 is 1.43 bits per heavy atom. The normalized spacial score (nSPS) is 17.9. The number of piperidine rings is 1. The fourth-order valence-electron chi connectivity index (χ4n) is 2.88. The van der Waals surface area contributed by atoms with E-state index in [0.717, 1.165) is 0 Å². The van der Waals surface area contributed by atoms with Crippen molar-refractivity contribution in [2.75, 3.05) is 24.2 Å². The maximum absolute atomic E-state index is 12.5. The summed E-state index contributed by atoms with van der Waals surface area (Å²) in [5.74, 6) is -0.262. The molecule has 0 aromatic carbocycles. The van der Waals surface area contributed by atoms with Crippen molar-refractivity contribution in [2.45, 2.75) is 45.3 Å². The fourth-order valence-corrected chi connectivity index (χ4v) is 5.15. The molecule has 1 atom stereocenters. The number of likely N-dealkylation sites (tertiary alicyclic amines) is 1. The Hall–Kier alpha value is -1.82. The largest absolute Gasteiger partial charge is 0.444 e. The molecule has 1 aliphatic heterocycles. The molecule has 0 bridgehead atoms. The minimum absolute atomic E-state index is 0.255. The molecule has 9 nitrogen and oxygen atoms in total. The number of sulfonamides is 1. The minimum atomic E-state index is -3.62. The van der Waals surface area contributed by atoms with E-state index < -0.39 is 27.7 Å². The molecule has 0 saturated carbocycles. The molecule has 3 amide bonds. The number of urea groups is 1. The van der Waals surface area contributed by atoms with E-state index >= 15 is 0 Å². The molecule has 0 aliphatic carbocycles. The van der Waals surface area contributed by atoms with Gasteiger partial charge in [-0.3, -0.25) is 0 Å². The number of nitrogens with zero attached hydrogens (tertiary/aromatic N) is 1. The molecule has 1 saturated heterocycles. The number of amides is 3. The number of carbonyl (C=O) groups excluding carboxylic acids is 2. The van der Waals surface area contributed by atoms with Crippen LogP contribution in [0, 0.1) is 0 Å². The number of primary amides is 1. The molecule has 1 aromatic rings. The lowest BCUT2D eigenvalue weighted by atomic mass is 10.1. The van der Waals surface area contributed by atoms with E-state index in [1.165, 1.54) is 28.4 Å². The fraction of sp³-hybridized carbons (Fsp3) is 0.556. The van der Waals surface area contributed by atoms with Gasteiger partial charge in [-0.1, -0.05) is 17.7 Å². The van der Waals surface area contributed by atoms with Gasteiger partial charge in [-0.15, -0.1) is 11.3 Å². The number of ether oxygens (including phenoxy) is 1. The Labute approximate surface area is 185 Å². The van der Waals surface area contributed by atoms with Crippen molar-refractivity contribution in [3.05, 3.63) is 21.4 Å². The quantitative estimate of drug-likeness (QED) is 0.577. The summed E-state index contributed by atoms with van der Waals surface area (Å²) >= 11 is 7.13. The number of nitrogens with one attached hydrogen (secondary N) is 2. The second-order valence-corrected chi connectivity index (χ2v) is 11.4. The lowest BCUT2D eigenvalue weighted by molar-refractivity contribution is 0.0195. The van der Waals surface area contributed by atoms with Gasteiger partial charge in [-0.2, -0.15) is 0 Å². The van der Waals surface area contributed by atoms with E-state index in [0.29, 0.717) is 34.3 Å². The minimum Gasteiger partial charge on any atom is -0.444 e. The van der Waals surface area contributed by atoms with E-state index in [9.17, 15) is 18.0 Å². The van der Waals surface area contributed by atoms with Gasteiger partial charge in [0.2, 0.25) is 10.0 Å². The summed E-state index contributed by atoms with van der Waals surface area (Å²) in [6.07, 6.45) is 3.89. The van der Waals surface area contributed by atoms with Crippen LogP contribution in [-0.2, 0) is 14.8 Å². The number of rotatable bonds is 6. The zero-order valence-electron chi connectivity index (χ0n) is 17.1. The molecule has 12 heteroatoms. The number of hydrogen-bond acceptors (Lipinski definition) is 6.